The molecule has 0 spiro atoms. The maximum absolute atomic E-state index is 14.4. The van der Waals surface area contributed by atoms with Crippen molar-refractivity contribution in [3.63, 3.8) is 0 Å². The van der Waals surface area contributed by atoms with Crippen LogP contribution in [0, 0.1) is 0 Å². The van der Waals surface area contributed by atoms with Crippen molar-refractivity contribution in [2.45, 2.75) is 70.3 Å². The van der Waals surface area contributed by atoms with Gasteiger partial charge in [-0.2, -0.15) is 0 Å². The average molecular weight is 960 g/mol. The Labute approximate surface area is 398 Å². The van der Waals surface area contributed by atoms with Crippen LogP contribution in [0.25, 0.3) is 0 Å². The summed E-state index contributed by atoms with van der Waals surface area (Å²) < 4.78 is 0. The molecule has 27 heteroatoms. The fourth-order valence-electron chi connectivity index (χ4n) is 6.42. The number of nitrogens with one attached hydrogen (secondary N) is 2. The van der Waals surface area contributed by atoms with Crippen molar-refractivity contribution in [2.75, 3.05) is 98.2 Å². The van der Waals surface area contributed by atoms with E-state index in [1.807, 2.05) is 0 Å². The monoisotopic (exact) mass is 960 g/mol. The van der Waals surface area contributed by atoms with E-state index in [4.69, 9.17) is 57.3 Å². The maximum Gasteiger partial charge on any atom is 0.242 e. The first-order valence-corrected chi connectivity index (χ1v) is 22.6. The zero-order valence-corrected chi connectivity index (χ0v) is 39.3. The van der Waals surface area contributed by atoms with Gasteiger partial charge in [0, 0.05) is 70.7 Å². The Morgan fingerprint density at radius 2 is 1.00 bits per heavy atom. The molecule has 0 bridgehead atoms. The standard InChI is InChI=1S/C41H77N21O6/c42-14-4-1-2-5-15-52-25-33(64)60(22-9-19-56-40(48)49)27-35(66)61(23-10-20-57-41(50)51)28-36(67)62(24-13-30-11-3-6-16-53-30)29-34(65)59(21-8-18-55-39(46)47)26-32(63)58-31(37(43)68)12-7-17-54-38(44)45/h3,6,11,16,31,52H,1-2,4-5,7-10,12-15,17-29,42H2,(H2,43,68)(H,58,63)(H4,44,45,54)(H4,46,47,55)(H4,48,49,56)(H4,50,51,57)/t31-/m1/s1. The van der Waals surface area contributed by atoms with Gasteiger partial charge in [0.05, 0.1) is 32.7 Å². The Kier molecular flexibility index (Phi) is 30.5. The van der Waals surface area contributed by atoms with Gasteiger partial charge in [0.15, 0.2) is 23.8 Å². The summed E-state index contributed by atoms with van der Waals surface area (Å²) in [7, 11) is 0. The van der Waals surface area contributed by atoms with Gasteiger partial charge in [-0.15, -0.1) is 0 Å². The molecule has 0 aromatic carbocycles. The van der Waals surface area contributed by atoms with Crippen molar-refractivity contribution in [1.29, 1.82) is 0 Å². The Hall–Kier alpha value is -7.03. The highest BCUT2D eigenvalue weighted by molar-refractivity contribution is 5.92. The summed E-state index contributed by atoms with van der Waals surface area (Å²) in [6.45, 7) is -0.0619. The zero-order chi connectivity index (χ0) is 50.7. The Morgan fingerprint density at radius 1 is 0.544 bits per heavy atom. The number of hydrogen-bond donors (Lipinski definition) is 12. The van der Waals surface area contributed by atoms with Gasteiger partial charge in [0.25, 0.3) is 0 Å². The van der Waals surface area contributed by atoms with Gasteiger partial charge in [-0.3, -0.25) is 53.7 Å². The van der Waals surface area contributed by atoms with Crippen molar-refractivity contribution in [1.82, 2.24) is 35.2 Å². The molecular formula is C41H77N21O6. The number of carbonyl (C=O) groups is 6. The van der Waals surface area contributed by atoms with E-state index in [-0.39, 0.29) is 121 Å². The lowest BCUT2D eigenvalue weighted by Crippen LogP contribution is -2.52. The third-order valence-corrected chi connectivity index (χ3v) is 9.94. The van der Waals surface area contributed by atoms with Gasteiger partial charge in [0.2, 0.25) is 35.4 Å². The lowest BCUT2D eigenvalue weighted by Gasteiger charge is -2.31. The number of hydrogen-bond acceptors (Lipinski definition) is 13. The van der Waals surface area contributed by atoms with Crippen LogP contribution in [0.2, 0.25) is 0 Å². The van der Waals surface area contributed by atoms with E-state index < -0.39 is 55.2 Å². The molecule has 68 heavy (non-hydrogen) atoms. The number of nitrogens with two attached hydrogens (primary N) is 10. The molecule has 22 N–H and O–H groups in total. The highest BCUT2D eigenvalue weighted by atomic mass is 16.2. The molecule has 0 unspecified atom stereocenters. The smallest absolute Gasteiger partial charge is 0.242 e. The molecule has 0 aliphatic heterocycles. The molecule has 0 saturated heterocycles. The minimum Gasteiger partial charge on any atom is -0.370 e. The number of carbonyl (C=O) groups excluding carboxylic acids is 6. The van der Waals surface area contributed by atoms with E-state index in [0.29, 0.717) is 31.6 Å². The molecule has 0 saturated carbocycles. The SMILES string of the molecule is NCCCCCCNCC(=O)N(CCCN=C(N)N)CC(=O)N(CCCN=C(N)N)CC(=O)N(CCc1ccccn1)CC(=O)N(CCCN=C(N)N)CC(=O)N[C@H](CCCN=C(N)N)C(N)=O. The summed E-state index contributed by atoms with van der Waals surface area (Å²) in [5.74, 6) is -4.27. The molecule has 6 amide bonds. The van der Waals surface area contributed by atoms with Crippen LogP contribution < -0.4 is 68.0 Å². The van der Waals surface area contributed by atoms with Crippen molar-refractivity contribution in [2.24, 2.45) is 77.3 Å². The number of aromatic nitrogens is 1. The highest BCUT2D eigenvalue weighted by Crippen LogP contribution is 2.07. The summed E-state index contributed by atoms with van der Waals surface area (Å²) >= 11 is 0. The van der Waals surface area contributed by atoms with Gasteiger partial charge in [-0.25, -0.2) is 0 Å². The third kappa shape index (κ3) is 28.8. The van der Waals surface area contributed by atoms with Crippen molar-refractivity contribution in [3.8, 4) is 0 Å². The number of guanidine groups is 4. The largest absolute Gasteiger partial charge is 0.370 e. The Morgan fingerprint density at radius 3 is 1.46 bits per heavy atom. The Balaban J connectivity index is 3.48. The van der Waals surface area contributed by atoms with E-state index in [9.17, 15) is 28.8 Å². The van der Waals surface area contributed by atoms with Gasteiger partial charge in [-0.1, -0.05) is 18.9 Å². The highest BCUT2D eigenvalue weighted by Gasteiger charge is 2.28. The number of nitrogens with zero attached hydrogens (tertiary/aromatic N) is 9. The first kappa shape index (κ1) is 59.0. The molecule has 1 rings (SSSR count). The fourth-order valence-corrected chi connectivity index (χ4v) is 6.42. The van der Waals surface area contributed by atoms with Gasteiger partial charge in [-0.05, 0) is 70.2 Å². The van der Waals surface area contributed by atoms with E-state index in [1.54, 1.807) is 24.4 Å². The quantitative estimate of drug-likeness (QED) is 0.0168. The molecule has 382 valence electrons. The van der Waals surface area contributed by atoms with Crippen LogP contribution in [0.3, 0.4) is 0 Å². The van der Waals surface area contributed by atoms with Gasteiger partial charge >= 0.3 is 0 Å². The van der Waals surface area contributed by atoms with Gasteiger partial charge < -0.3 is 87.6 Å². The minimum atomic E-state index is -1.10. The number of amides is 6. The molecule has 0 aliphatic rings. The van der Waals surface area contributed by atoms with Crippen molar-refractivity contribution < 1.29 is 28.8 Å². The Bertz CT molecular complexity index is 1800. The van der Waals surface area contributed by atoms with Crippen LogP contribution >= 0.6 is 0 Å². The second-order valence-corrected chi connectivity index (χ2v) is 15.7. The van der Waals surface area contributed by atoms with Crippen LogP contribution in [0.15, 0.2) is 44.4 Å². The number of rotatable bonds is 37. The van der Waals surface area contributed by atoms with Crippen LogP contribution in [0.4, 0.5) is 0 Å². The fraction of sp³-hybridized carbons (Fsp3) is 0.634. The first-order valence-electron chi connectivity index (χ1n) is 22.6. The molecule has 1 aromatic rings. The summed E-state index contributed by atoms with van der Waals surface area (Å²) in [6.07, 6.45) is 6.72. The maximum atomic E-state index is 14.4. The van der Waals surface area contributed by atoms with E-state index in [1.165, 1.54) is 19.6 Å². The third-order valence-electron chi connectivity index (χ3n) is 9.94. The van der Waals surface area contributed by atoms with E-state index >= 15 is 0 Å². The second kappa shape index (κ2) is 35.2. The zero-order valence-electron chi connectivity index (χ0n) is 39.3. The van der Waals surface area contributed by atoms with Crippen molar-refractivity contribution >= 4 is 59.3 Å². The summed E-state index contributed by atoms with van der Waals surface area (Å²) in [6, 6.07) is 4.17. The summed E-state index contributed by atoms with van der Waals surface area (Å²) in [5.41, 5.74) is 55.6. The van der Waals surface area contributed by atoms with Crippen LogP contribution in [0.5, 0.6) is 0 Å². The predicted molar refractivity (Wildman–Crippen MR) is 262 cm³/mol. The first-order chi connectivity index (χ1) is 32.4. The number of aliphatic imine (C=N–C) groups is 4. The van der Waals surface area contributed by atoms with Crippen LogP contribution in [-0.4, -0.2) is 188 Å². The van der Waals surface area contributed by atoms with Gasteiger partial charge in [0.1, 0.15) is 6.04 Å². The average Bonchev–Trinajstić information content (AvgIpc) is 3.28. The molecule has 1 heterocycles. The van der Waals surface area contributed by atoms with Crippen LogP contribution in [0.1, 0.15) is 63.5 Å². The van der Waals surface area contributed by atoms with E-state index in [2.05, 4.69) is 35.6 Å². The molecule has 1 atom stereocenters. The van der Waals surface area contributed by atoms with E-state index in [0.717, 1.165) is 25.7 Å². The lowest BCUT2D eigenvalue weighted by atomic mass is 10.1. The number of primary amides is 1. The molecule has 1 aromatic heterocycles. The molecule has 0 fully saturated rings. The summed E-state index contributed by atoms with van der Waals surface area (Å²) in [5, 5.41) is 5.70. The molecular weight excluding hydrogens is 883 g/mol. The predicted octanol–water partition coefficient (Wildman–Crippen LogP) is -5.94. The topological polar surface area (TPSA) is 462 Å². The second-order valence-electron chi connectivity index (χ2n) is 15.7. The number of pyridine rings is 1. The number of unbranched alkanes of at least 4 members (excludes halogenated alkanes) is 3. The normalized spacial score (nSPS) is 11.0. The summed E-state index contributed by atoms with van der Waals surface area (Å²) in [4.78, 5) is 107. The molecule has 0 radical (unpaired) electrons. The van der Waals surface area contributed by atoms with Crippen molar-refractivity contribution in [3.05, 3.63) is 30.1 Å². The van der Waals surface area contributed by atoms with Crippen LogP contribution in [-0.2, 0) is 35.2 Å². The molecule has 27 nitrogen and oxygen atoms in total. The molecule has 0 aliphatic carbocycles. The minimum absolute atomic E-state index is 0.00450. The lowest BCUT2D eigenvalue weighted by molar-refractivity contribution is -0.146.